The predicted molar refractivity (Wildman–Crippen MR) is 101 cm³/mol. The molecule has 0 spiro atoms. The van der Waals surface area contributed by atoms with E-state index in [9.17, 15) is 23.6 Å². The SMILES string of the molecule is CC(OC(=O)c1ccc2c(c1)C(=O)N(C)C2=O)C(=O)NC(C)c1ccc(F)cc1. The molecule has 3 rings (SSSR count). The molecule has 0 aromatic heterocycles. The van der Waals surface area contributed by atoms with Crippen molar-refractivity contribution in [2.75, 3.05) is 7.05 Å². The monoisotopic (exact) mass is 398 g/mol. The maximum Gasteiger partial charge on any atom is 0.338 e. The first kappa shape index (κ1) is 20.2. The molecule has 1 heterocycles. The largest absolute Gasteiger partial charge is 0.449 e. The van der Waals surface area contributed by atoms with E-state index in [0.29, 0.717) is 5.56 Å². The number of benzene rings is 2. The van der Waals surface area contributed by atoms with Crippen molar-refractivity contribution in [2.45, 2.75) is 26.0 Å². The number of carbonyl (C=O) groups excluding carboxylic acids is 4. The number of nitrogens with zero attached hydrogens (tertiary/aromatic N) is 1. The van der Waals surface area contributed by atoms with Gasteiger partial charge in [-0.15, -0.1) is 0 Å². The fraction of sp³-hybridized carbons (Fsp3) is 0.238. The van der Waals surface area contributed by atoms with Gasteiger partial charge < -0.3 is 10.1 Å². The third-order valence-electron chi connectivity index (χ3n) is 4.71. The van der Waals surface area contributed by atoms with Crippen LogP contribution in [0, 0.1) is 5.82 Å². The molecule has 8 heteroatoms. The van der Waals surface area contributed by atoms with Crippen molar-refractivity contribution >= 4 is 23.7 Å². The summed E-state index contributed by atoms with van der Waals surface area (Å²) in [5.74, 6) is -2.64. The summed E-state index contributed by atoms with van der Waals surface area (Å²) < 4.78 is 18.2. The summed E-state index contributed by atoms with van der Waals surface area (Å²) in [6.07, 6.45) is -1.10. The number of hydrogen-bond acceptors (Lipinski definition) is 5. The Bertz CT molecular complexity index is 1000. The van der Waals surface area contributed by atoms with Gasteiger partial charge in [-0.3, -0.25) is 19.3 Å². The van der Waals surface area contributed by atoms with Gasteiger partial charge in [-0.2, -0.15) is 0 Å². The average Bonchev–Trinajstić information content (AvgIpc) is 2.92. The van der Waals surface area contributed by atoms with Crippen molar-refractivity contribution in [3.05, 3.63) is 70.5 Å². The number of halogens is 1. The summed E-state index contributed by atoms with van der Waals surface area (Å²) in [5.41, 5.74) is 1.09. The summed E-state index contributed by atoms with van der Waals surface area (Å²) in [4.78, 5) is 49.6. The van der Waals surface area contributed by atoms with Gasteiger partial charge in [-0.1, -0.05) is 12.1 Å². The fourth-order valence-electron chi connectivity index (χ4n) is 2.94. The van der Waals surface area contributed by atoms with Crippen molar-refractivity contribution in [3.8, 4) is 0 Å². The van der Waals surface area contributed by atoms with Gasteiger partial charge in [0.05, 0.1) is 22.7 Å². The van der Waals surface area contributed by atoms with E-state index in [0.717, 1.165) is 4.90 Å². The highest BCUT2D eigenvalue weighted by Crippen LogP contribution is 2.23. The van der Waals surface area contributed by atoms with E-state index in [4.69, 9.17) is 4.74 Å². The normalized spacial score (nSPS) is 15.0. The Kier molecular flexibility index (Phi) is 5.45. The molecule has 1 aliphatic rings. The van der Waals surface area contributed by atoms with Crippen molar-refractivity contribution in [3.63, 3.8) is 0 Å². The number of amides is 3. The molecule has 0 fully saturated rings. The molecule has 0 bridgehead atoms. The van der Waals surface area contributed by atoms with Crippen molar-refractivity contribution in [2.24, 2.45) is 0 Å². The van der Waals surface area contributed by atoms with Crippen LogP contribution in [-0.4, -0.2) is 41.7 Å². The number of carbonyl (C=O) groups is 4. The molecule has 0 saturated heterocycles. The van der Waals surface area contributed by atoms with Crippen LogP contribution in [0.25, 0.3) is 0 Å². The van der Waals surface area contributed by atoms with Gasteiger partial charge in [0, 0.05) is 7.05 Å². The fourth-order valence-corrected chi connectivity index (χ4v) is 2.94. The Morgan fingerprint density at radius 1 is 1.00 bits per heavy atom. The summed E-state index contributed by atoms with van der Waals surface area (Å²) >= 11 is 0. The van der Waals surface area contributed by atoms with E-state index in [-0.39, 0.29) is 22.5 Å². The molecule has 7 nitrogen and oxygen atoms in total. The number of ether oxygens (including phenoxy) is 1. The van der Waals surface area contributed by atoms with Crippen molar-refractivity contribution in [1.29, 1.82) is 0 Å². The third kappa shape index (κ3) is 4.01. The Morgan fingerprint density at radius 3 is 2.28 bits per heavy atom. The standard InChI is InChI=1S/C21H19FN2O5/c1-11(13-4-7-15(22)8-5-13)23-18(25)12(2)29-21(28)14-6-9-16-17(10-14)20(27)24(3)19(16)26/h4-12H,1-3H3,(H,23,25). The Hall–Kier alpha value is -3.55. The lowest BCUT2D eigenvalue weighted by atomic mass is 10.1. The van der Waals surface area contributed by atoms with Crippen molar-refractivity contribution < 1.29 is 28.3 Å². The van der Waals surface area contributed by atoms with E-state index >= 15 is 0 Å². The highest BCUT2D eigenvalue weighted by molar-refractivity contribution is 6.21. The lowest BCUT2D eigenvalue weighted by Crippen LogP contribution is -2.37. The van der Waals surface area contributed by atoms with E-state index in [2.05, 4.69) is 5.32 Å². The number of nitrogens with one attached hydrogen (secondary N) is 1. The first-order valence-electron chi connectivity index (χ1n) is 8.92. The molecule has 0 radical (unpaired) electrons. The van der Waals surface area contributed by atoms with Crippen LogP contribution < -0.4 is 5.32 Å². The first-order valence-corrected chi connectivity index (χ1v) is 8.92. The molecule has 29 heavy (non-hydrogen) atoms. The molecule has 3 amide bonds. The number of esters is 1. The van der Waals surface area contributed by atoms with Crippen LogP contribution in [0.4, 0.5) is 4.39 Å². The van der Waals surface area contributed by atoms with Crippen LogP contribution in [0.15, 0.2) is 42.5 Å². The molecule has 0 saturated carbocycles. The average molecular weight is 398 g/mol. The minimum absolute atomic E-state index is 0.0615. The maximum atomic E-state index is 13.0. The van der Waals surface area contributed by atoms with E-state index in [1.807, 2.05) is 0 Å². The van der Waals surface area contributed by atoms with Gasteiger partial charge in [0.25, 0.3) is 17.7 Å². The first-order chi connectivity index (χ1) is 13.7. The lowest BCUT2D eigenvalue weighted by molar-refractivity contribution is -0.129. The Labute approximate surface area is 166 Å². The molecule has 150 valence electrons. The molecule has 2 unspecified atom stereocenters. The smallest absolute Gasteiger partial charge is 0.338 e. The quantitative estimate of drug-likeness (QED) is 0.617. The van der Waals surface area contributed by atoms with E-state index in [1.54, 1.807) is 19.1 Å². The molecule has 2 atom stereocenters. The summed E-state index contributed by atoms with van der Waals surface area (Å²) in [6.45, 7) is 3.14. The predicted octanol–water partition coefficient (Wildman–Crippen LogP) is 2.47. The molecule has 0 aliphatic carbocycles. The van der Waals surface area contributed by atoms with Gasteiger partial charge in [-0.25, -0.2) is 9.18 Å². The molecule has 1 aliphatic heterocycles. The minimum atomic E-state index is -1.10. The van der Waals surface area contributed by atoms with Crippen LogP contribution in [-0.2, 0) is 9.53 Å². The topological polar surface area (TPSA) is 92.8 Å². The van der Waals surface area contributed by atoms with Crippen LogP contribution in [0.1, 0.15) is 56.5 Å². The van der Waals surface area contributed by atoms with Gasteiger partial charge in [0.1, 0.15) is 5.82 Å². The second kappa shape index (κ2) is 7.83. The Balaban J connectivity index is 1.65. The highest BCUT2D eigenvalue weighted by atomic mass is 19.1. The van der Waals surface area contributed by atoms with Gasteiger partial charge in [-0.05, 0) is 49.7 Å². The molecule has 2 aromatic rings. The zero-order valence-electron chi connectivity index (χ0n) is 16.1. The molecular weight excluding hydrogens is 379 g/mol. The highest BCUT2D eigenvalue weighted by Gasteiger charge is 2.33. The van der Waals surface area contributed by atoms with Gasteiger partial charge in [0.2, 0.25) is 0 Å². The summed E-state index contributed by atoms with van der Waals surface area (Å²) in [7, 11) is 1.36. The number of rotatable bonds is 5. The summed E-state index contributed by atoms with van der Waals surface area (Å²) in [6, 6.07) is 9.32. The third-order valence-corrected chi connectivity index (χ3v) is 4.71. The maximum absolute atomic E-state index is 13.0. The lowest BCUT2D eigenvalue weighted by Gasteiger charge is -2.18. The van der Waals surface area contributed by atoms with Gasteiger partial charge in [0.15, 0.2) is 6.10 Å². The zero-order chi connectivity index (χ0) is 21.3. The van der Waals surface area contributed by atoms with Gasteiger partial charge >= 0.3 is 5.97 Å². The van der Waals surface area contributed by atoms with E-state index in [1.165, 1.54) is 44.3 Å². The number of imide groups is 1. The molecular formula is C21H19FN2O5. The zero-order valence-corrected chi connectivity index (χ0v) is 16.1. The van der Waals surface area contributed by atoms with Crippen LogP contribution >= 0.6 is 0 Å². The molecule has 2 aromatic carbocycles. The minimum Gasteiger partial charge on any atom is -0.449 e. The van der Waals surface area contributed by atoms with Crippen LogP contribution in [0.5, 0.6) is 0 Å². The second-order valence-corrected chi connectivity index (χ2v) is 6.76. The van der Waals surface area contributed by atoms with Crippen molar-refractivity contribution in [1.82, 2.24) is 10.2 Å². The molecule has 1 N–H and O–H groups in total. The number of fused-ring (bicyclic) bond motifs is 1. The van der Waals surface area contributed by atoms with Crippen LogP contribution in [0.3, 0.4) is 0 Å². The van der Waals surface area contributed by atoms with E-state index < -0.39 is 35.8 Å². The number of hydrogen-bond donors (Lipinski definition) is 1. The van der Waals surface area contributed by atoms with Crippen LogP contribution in [0.2, 0.25) is 0 Å². The second-order valence-electron chi connectivity index (χ2n) is 6.76. The summed E-state index contributed by atoms with van der Waals surface area (Å²) in [5, 5.41) is 2.69. The Morgan fingerprint density at radius 2 is 1.62 bits per heavy atom.